The van der Waals surface area contributed by atoms with E-state index in [1.54, 1.807) is 38.3 Å². The molecule has 0 bridgehead atoms. The van der Waals surface area contributed by atoms with E-state index in [1.165, 1.54) is 9.21 Å². The monoisotopic (exact) mass is 533 g/mol. The molecular weight excluding hydrogens is 494 g/mol. The van der Waals surface area contributed by atoms with Crippen LogP contribution < -0.4 is 19.1 Å². The van der Waals surface area contributed by atoms with Gasteiger partial charge in [0.2, 0.25) is 21.8 Å². The van der Waals surface area contributed by atoms with Gasteiger partial charge in [-0.3, -0.25) is 13.9 Å². The van der Waals surface area contributed by atoms with E-state index in [2.05, 4.69) is 5.32 Å². The summed E-state index contributed by atoms with van der Waals surface area (Å²) in [5.74, 6) is 0.641. The smallest absolute Gasteiger partial charge is 0.242 e. The molecule has 0 aliphatic carbocycles. The number of sulfonamides is 1. The fraction of sp³-hybridized carbons (Fsp3) is 0.481. The maximum absolute atomic E-state index is 13.4. The number of anilines is 1. The minimum Gasteiger partial charge on any atom is -0.497 e. The third-order valence-electron chi connectivity index (χ3n) is 5.79. The average Bonchev–Trinajstić information content (AvgIpc) is 2.88. The van der Waals surface area contributed by atoms with E-state index in [9.17, 15) is 18.0 Å². The molecule has 0 saturated heterocycles. The van der Waals surface area contributed by atoms with Crippen LogP contribution in [-0.4, -0.2) is 64.2 Å². The molecule has 2 amide bonds. The molecular formula is C27H39N3O6S. The number of methoxy groups -OCH3 is 1. The Labute approximate surface area is 220 Å². The Morgan fingerprint density at radius 2 is 1.81 bits per heavy atom. The normalized spacial score (nSPS) is 11.9. The van der Waals surface area contributed by atoms with Crippen molar-refractivity contribution < 1.29 is 27.5 Å². The molecule has 0 saturated carbocycles. The summed E-state index contributed by atoms with van der Waals surface area (Å²) in [6, 6.07) is 13.6. The minimum absolute atomic E-state index is 0.0676. The van der Waals surface area contributed by atoms with Gasteiger partial charge in [-0.1, -0.05) is 31.2 Å². The summed E-state index contributed by atoms with van der Waals surface area (Å²) < 4.78 is 37.4. The quantitative estimate of drug-likeness (QED) is 0.375. The van der Waals surface area contributed by atoms with Gasteiger partial charge >= 0.3 is 0 Å². The summed E-state index contributed by atoms with van der Waals surface area (Å²) in [6.07, 6.45) is 2.25. The summed E-state index contributed by atoms with van der Waals surface area (Å²) in [7, 11) is -2.05. The van der Waals surface area contributed by atoms with Crippen LogP contribution in [0.15, 0.2) is 48.5 Å². The molecule has 2 aromatic carbocycles. The molecule has 0 fully saturated rings. The number of ether oxygens (including phenoxy) is 2. The molecule has 2 aromatic rings. The lowest BCUT2D eigenvalue weighted by Crippen LogP contribution is -2.47. The van der Waals surface area contributed by atoms with E-state index in [0.717, 1.165) is 18.2 Å². The Hall–Kier alpha value is -3.27. The van der Waals surface area contributed by atoms with E-state index in [1.807, 2.05) is 38.1 Å². The molecule has 2 rings (SSSR count). The molecule has 204 valence electrons. The second kappa shape index (κ2) is 14.5. The zero-order valence-electron chi connectivity index (χ0n) is 22.4. The topological polar surface area (TPSA) is 105 Å². The van der Waals surface area contributed by atoms with Gasteiger partial charge in [0.15, 0.2) is 0 Å². The first-order chi connectivity index (χ1) is 17.6. The van der Waals surface area contributed by atoms with Gasteiger partial charge < -0.3 is 19.7 Å². The predicted molar refractivity (Wildman–Crippen MR) is 145 cm³/mol. The molecule has 37 heavy (non-hydrogen) atoms. The van der Waals surface area contributed by atoms with Crippen LogP contribution in [0.5, 0.6) is 11.5 Å². The van der Waals surface area contributed by atoms with E-state index in [-0.39, 0.29) is 37.7 Å². The first-order valence-corrected chi connectivity index (χ1v) is 14.4. The van der Waals surface area contributed by atoms with Gasteiger partial charge in [0.25, 0.3) is 0 Å². The molecule has 10 heteroatoms. The molecule has 0 aliphatic heterocycles. The van der Waals surface area contributed by atoms with E-state index >= 15 is 0 Å². The van der Waals surface area contributed by atoms with Crippen LogP contribution in [0.25, 0.3) is 0 Å². The van der Waals surface area contributed by atoms with Crippen LogP contribution in [-0.2, 0) is 26.2 Å². The first-order valence-electron chi connectivity index (χ1n) is 12.5. The molecule has 0 heterocycles. The first kappa shape index (κ1) is 30.0. The highest BCUT2D eigenvalue weighted by atomic mass is 32.2. The average molecular weight is 534 g/mol. The van der Waals surface area contributed by atoms with Crippen molar-refractivity contribution in [3.63, 3.8) is 0 Å². The Morgan fingerprint density at radius 1 is 1.08 bits per heavy atom. The maximum Gasteiger partial charge on any atom is 0.242 e. The van der Waals surface area contributed by atoms with E-state index < -0.39 is 16.1 Å². The van der Waals surface area contributed by atoms with Gasteiger partial charge in [-0.05, 0) is 56.5 Å². The number of hydrogen-bond acceptors (Lipinski definition) is 6. The van der Waals surface area contributed by atoms with Crippen molar-refractivity contribution in [2.45, 2.75) is 52.6 Å². The molecule has 1 atom stereocenters. The lowest BCUT2D eigenvalue weighted by atomic mass is 10.1. The second-order valence-electron chi connectivity index (χ2n) is 8.68. The zero-order chi connectivity index (χ0) is 27.4. The molecule has 0 spiro atoms. The Morgan fingerprint density at radius 3 is 2.46 bits per heavy atom. The van der Waals surface area contributed by atoms with Crippen LogP contribution in [0.4, 0.5) is 5.69 Å². The van der Waals surface area contributed by atoms with Crippen LogP contribution in [0.1, 0.15) is 45.6 Å². The van der Waals surface area contributed by atoms with Gasteiger partial charge in [-0.2, -0.15) is 0 Å². The number of para-hydroxylation sites is 2. The largest absolute Gasteiger partial charge is 0.497 e. The van der Waals surface area contributed by atoms with Crippen LogP contribution in [0.3, 0.4) is 0 Å². The Kier molecular flexibility index (Phi) is 11.7. The standard InChI is InChI=1S/C27H39N3O6S/c1-6-17-28-27(32)21(3)29(20-22-12-10-13-23(19-22)35-4)26(31)16-11-18-30(37(5,33)34)24-14-8-9-15-25(24)36-7-2/h8-10,12-15,19,21H,6-7,11,16-18,20H2,1-5H3,(H,28,32). The number of nitrogens with zero attached hydrogens (tertiary/aromatic N) is 2. The molecule has 9 nitrogen and oxygen atoms in total. The highest BCUT2D eigenvalue weighted by Gasteiger charge is 2.27. The van der Waals surface area contributed by atoms with Gasteiger partial charge in [-0.25, -0.2) is 8.42 Å². The van der Waals surface area contributed by atoms with E-state index in [0.29, 0.717) is 30.3 Å². The third-order valence-corrected chi connectivity index (χ3v) is 6.97. The summed E-state index contributed by atoms with van der Waals surface area (Å²) in [4.78, 5) is 27.6. The summed E-state index contributed by atoms with van der Waals surface area (Å²) in [6.45, 7) is 6.72. The lowest BCUT2D eigenvalue weighted by Gasteiger charge is -2.29. The third kappa shape index (κ3) is 8.96. The van der Waals surface area contributed by atoms with Crippen molar-refractivity contribution >= 4 is 27.5 Å². The fourth-order valence-corrected chi connectivity index (χ4v) is 4.84. The number of benzene rings is 2. The van der Waals surface area contributed by atoms with Crippen molar-refractivity contribution in [2.24, 2.45) is 0 Å². The van der Waals surface area contributed by atoms with Crippen LogP contribution >= 0.6 is 0 Å². The predicted octanol–water partition coefficient (Wildman–Crippen LogP) is 3.58. The maximum atomic E-state index is 13.4. The molecule has 0 aliphatic rings. The van der Waals surface area contributed by atoms with Crippen molar-refractivity contribution in [3.05, 3.63) is 54.1 Å². The number of hydrogen-bond donors (Lipinski definition) is 1. The zero-order valence-corrected chi connectivity index (χ0v) is 23.2. The molecule has 1 N–H and O–H groups in total. The fourth-order valence-electron chi connectivity index (χ4n) is 3.87. The van der Waals surface area contributed by atoms with Crippen LogP contribution in [0, 0.1) is 0 Å². The van der Waals surface area contributed by atoms with Gasteiger partial charge in [0.05, 0.1) is 25.7 Å². The van der Waals surface area contributed by atoms with Gasteiger partial charge in [-0.15, -0.1) is 0 Å². The number of carbonyl (C=O) groups is 2. The lowest BCUT2D eigenvalue weighted by molar-refractivity contribution is -0.140. The highest BCUT2D eigenvalue weighted by Crippen LogP contribution is 2.30. The number of amides is 2. The van der Waals surface area contributed by atoms with Crippen LogP contribution in [0.2, 0.25) is 0 Å². The number of carbonyl (C=O) groups excluding carboxylic acids is 2. The highest BCUT2D eigenvalue weighted by molar-refractivity contribution is 7.92. The van der Waals surface area contributed by atoms with E-state index in [4.69, 9.17) is 9.47 Å². The second-order valence-corrected chi connectivity index (χ2v) is 10.6. The minimum atomic E-state index is -3.62. The Bertz CT molecular complexity index is 1140. The van der Waals surface area contributed by atoms with Gasteiger partial charge in [0.1, 0.15) is 17.5 Å². The Balaban J connectivity index is 2.21. The van der Waals surface area contributed by atoms with Crippen molar-refractivity contribution in [1.29, 1.82) is 0 Å². The molecule has 1 unspecified atom stereocenters. The van der Waals surface area contributed by atoms with Crippen molar-refractivity contribution in [3.8, 4) is 11.5 Å². The molecule has 0 radical (unpaired) electrons. The summed E-state index contributed by atoms with van der Waals surface area (Å²) in [5.41, 5.74) is 1.26. The SMILES string of the molecule is CCCNC(=O)C(C)N(Cc1cccc(OC)c1)C(=O)CCCN(c1ccccc1OCC)S(C)(=O)=O. The molecule has 0 aromatic heterocycles. The summed E-state index contributed by atoms with van der Waals surface area (Å²) >= 11 is 0. The van der Waals surface area contributed by atoms with Gasteiger partial charge in [0, 0.05) is 26.1 Å². The van der Waals surface area contributed by atoms with Crippen molar-refractivity contribution in [2.75, 3.05) is 37.4 Å². The summed E-state index contributed by atoms with van der Waals surface area (Å²) in [5, 5.41) is 2.85. The van der Waals surface area contributed by atoms with Crippen molar-refractivity contribution in [1.82, 2.24) is 10.2 Å². The number of nitrogens with one attached hydrogen (secondary N) is 1. The number of rotatable bonds is 15.